The Hall–Kier alpha value is -2.82. The lowest BCUT2D eigenvalue weighted by Crippen LogP contribution is -2.35. The molecule has 0 saturated carbocycles. The zero-order chi connectivity index (χ0) is 20.8. The molecule has 0 spiro atoms. The summed E-state index contributed by atoms with van der Waals surface area (Å²) in [4.78, 5) is 29.1. The molecule has 4 rings (SSSR count). The van der Waals surface area contributed by atoms with E-state index in [4.69, 9.17) is 0 Å². The summed E-state index contributed by atoms with van der Waals surface area (Å²) in [6.45, 7) is 3.99. The van der Waals surface area contributed by atoms with Crippen LogP contribution in [0.15, 0.2) is 48.5 Å². The number of nitrogens with one attached hydrogen (secondary N) is 1. The minimum absolute atomic E-state index is 0.116. The zero-order valence-electron chi connectivity index (χ0n) is 17.6. The number of fused-ring (bicyclic) bond motifs is 1. The largest absolute Gasteiger partial charge is 0.367 e. The van der Waals surface area contributed by atoms with Crippen LogP contribution in [0.1, 0.15) is 53.6 Å². The summed E-state index contributed by atoms with van der Waals surface area (Å²) in [6, 6.07) is 16.4. The number of likely N-dealkylation sites (tertiary alicyclic amines) is 1. The van der Waals surface area contributed by atoms with Crippen molar-refractivity contribution in [2.24, 2.45) is 0 Å². The molecule has 2 aliphatic rings. The zero-order valence-corrected chi connectivity index (χ0v) is 17.6. The normalized spacial score (nSPS) is 16.5. The summed E-state index contributed by atoms with van der Waals surface area (Å²) in [5.41, 5.74) is 4.58. The Kier molecular flexibility index (Phi) is 6.67. The second-order valence-corrected chi connectivity index (χ2v) is 8.29. The van der Waals surface area contributed by atoms with Crippen molar-refractivity contribution < 1.29 is 9.59 Å². The number of carbonyl (C=O) groups excluding carboxylic acids is 2. The van der Waals surface area contributed by atoms with Gasteiger partial charge in [0.2, 0.25) is 5.91 Å². The Bertz CT molecular complexity index is 870. The molecule has 2 aromatic carbocycles. The molecular formula is C25H31N3O2. The van der Waals surface area contributed by atoms with Crippen molar-refractivity contribution in [1.82, 2.24) is 10.2 Å². The smallest absolute Gasteiger partial charge is 0.251 e. The van der Waals surface area contributed by atoms with Gasteiger partial charge >= 0.3 is 0 Å². The monoisotopic (exact) mass is 405 g/mol. The van der Waals surface area contributed by atoms with E-state index in [0.29, 0.717) is 18.5 Å². The van der Waals surface area contributed by atoms with E-state index in [1.165, 1.54) is 24.0 Å². The number of rotatable bonds is 5. The first-order valence-corrected chi connectivity index (χ1v) is 11.2. The molecule has 0 aliphatic carbocycles. The highest BCUT2D eigenvalue weighted by Crippen LogP contribution is 2.24. The molecule has 2 aliphatic heterocycles. The fourth-order valence-corrected chi connectivity index (χ4v) is 4.40. The number of hydrogen-bond donors (Lipinski definition) is 1. The minimum atomic E-state index is -0.116. The molecule has 1 fully saturated rings. The molecule has 1 saturated heterocycles. The molecule has 1 N–H and O–H groups in total. The third kappa shape index (κ3) is 5.02. The first-order chi connectivity index (χ1) is 14.7. The van der Waals surface area contributed by atoms with Gasteiger partial charge in [-0.2, -0.15) is 0 Å². The average Bonchev–Trinajstić information content (AvgIpc) is 3.08. The van der Waals surface area contributed by atoms with Crippen molar-refractivity contribution in [1.29, 1.82) is 0 Å². The second-order valence-electron chi connectivity index (χ2n) is 8.29. The van der Waals surface area contributed by atoms with Gasteiger partial charge in [0.1, 0.15) is 0 Å². The lowest BCUT2D eigenvalue weighted by molar-refractivity contribution is -0.131. The van der Waals surface area contributed by atoms with Crippen LogP contribution in [0.25, 0.3) is 0 Å². The lowest BCUT2D eigenvalue weighted by atomic mass is 9.99. The summed E-state index contributed by atoms with van der Waals surface area (Å²) < 4.78 is 0. The molecule has 30 heavy (non-hydrogen) atoms. The molecule has 5 heteroatoms. The Morgan fingerprint density at radius 2 is 1.53 bits per heavy atom. The predicted molar refractivity (Wildman–Crippen MR) is 120 cm³/mol. The molecule has 0 radical (unpaired) electrons. The molecule has 2 heterocycles. The first-order valence-electron chi connectivity index (χ1n) is 11.2. The highest BCUT2D eigenvalue weighted by atomic mass is 16.2. The van der Waals surface area contributed by atoms with Gasteiger partial charge in [-0.3, -0.25) is 9.59 Å². The summed E-state index contributed by atoms with van der Waals surface area (Å²) in [5, 5.41) is 2.90. The number of carbonyl (C=O) groups is 2. The van der Waals surface area contributed by atoms with Crippen LogP contribution in [0.3, 0.4) is 0 Å². The van der Waals surface area contributed by atoms with Gasteiger partial charge in [0.05, 0.1) is 0 Å². The van der Waals surface area contributed by atoms with E-state index in [2.05, 4.69) is 34.5 Å². The van der Waals surface area contributed by atoms with Gasteiger partial charge in [0.15, 0.2) is 0 Å². The van der Waals surface area contributed by atoms with E-state index in [-0.39, 0.29) is 11.8 Å². The van der Waals surface area contributed by atoms with Gasteiger partial charge in [-0.25, -0.2) is 0 Å². The molecule has 2 aromatic rings. The van der Waals surface area contributed by atoms with E-state index in [1.807, 2.05) is 29.2 Å². The van der Waals surface area contributed by atoms with Crippen LogP contribution in [0, 0.1) is 0 Å². The van der Waals surface area contributed by atoms with Crippen molar-refractivity contribution >= 4 is 17.5 Å². The van der Waals surface area contributed by atoms with Crippen molar-refractivity contribution in [3.8, 4) is 0 Å². The van der Waals surface area contributed by atoms with Gasteiger partial charge in [-0.05, 0) is 54.7 Å². The fourth-order valence-electron chi connectivity index (χ4n) is 4.40. The Balaban J connectivity index is 1.26. The van der Waals surface area contributed by atoms with Crippen LogP contribution in [0.5, 0.6) is 0 Å². The quantitative estimate of drug-likeness (QED) is 0.824. The van der Waals surface area contributed by atoms with Crippen LogP contribution in [0.2, 0.25) is 0 Å². The van der Waals surface area contributed by atoms with E-state index in [1.54, 1.807) is 0 Å². The number of amides is 2. The topological polar surface area (TPSA) is 52.7 Å². The maximum Gasteiger partial charge on any atom is 0.251 e. The summed E-state index contributed by atoms with van der Waals surface area (Å²) in [5.74, 6) is 0.0344. The van der Waals surface area contributed by atoms with Crippen molar-refractivity contribution in [2.45, 2.75) is 45.1 Å². The number of hydrogen-bond acceptors (Lipinski definition) is 3. The molecule has 0 aromatic heterocycles. The van der Waals surface area contributed by atoms with E-state index in [9.17, 15) is 9.59 Å². The summed E-state index contributed by atoms with van der Waals surface area (Å²) in [7, 11) is 0. The van der Waals surface area contributed by atoms with Crippen molar-refractivity contribution in [3.05, 3.63) is 65.2 Å². The minimum Gasteiger partial charge on any atom is -0.367 e. The molecular weight excluding hydrogens is 374 g/mol. The molecule has 2 amide bonds. The fraction of sp³-hybridized carbons (Fsp3) is 0.440. The van der Waals surface area contributed by atoms with Crippen molar-refractivity contribution in [2.75, 3.05) is 31.1 Å². The second kappa shape index (κ2) is 9.79. The molecule has 0 atom stereocenters. The van der Waals surface area contributed by atoms with Crippen LogP contribution >= 0.6 is 0 Å². The Morgan fingerprint density at radius 1 is 0.833 bits per heavy atom. The highest BCUT2D eigenvalue weighted by Gasteiger charge is 2.17. The average molecular weight is 406 g/mol. The Morgan fingerprint density at radius 3 is 2.27 bits per heavy atom. The van der Waals surface area contributed by atoms with Gasteiger partial charge < -0.3 is 15.1 Å². The standard InChI is InChI=1S/C25H31N3O2/c29-24(27-16-5-1-2-6-17-27)13-15-26-25(30)21-9-11-23(12-10-21)28-18-14-20-7-3-4-8-22(20)19-28/h3-4,7-12H,1-2,5-6,13-19H2,(H,26,30). The van der Waals surface area contributed by atoms with Crippen LogP contribution in [-0.4, -0.2) is 42.9 Å². The molecule has 0 bridgehead atoms. The third-order valence-electron chi connectivity index (χ3n) is 6.21. The van der Waals surface area contributed by atoms with Gasteiger partial charge in [0, 0.05) is 50.4 Å². The SMILES string of the molecule is O=C(NCCC(=O)N1CCCCCC1)c1ccc(N2CCc3ccccc3C2)cc1. The van der Waals surface area contributed by atoms with Crippen molar-refractivity contribution in [3.63, 3.8) is 0 Å². The lowest BCUT2D eigenvalue weighted by Gasteiger charge is -2.30. The number of anilines is 1. The maximum atomic E-state index is 12.5. The summed E-state index contributed by atoms with van der Waals surface area (Å²) >= 11 is 0. The number of nitrogens with zero attached hydrogens (tertiary/aromatic N) is 2. The van der Waals surface area contributed by atoms with Crippen LogP contribution < -0.4 is 10.2 Å². The van der Waals surface area contributed by atoms with E-state index in [0.717, 1.165) is 51.1 Å². The highest BCUT2D eigenvalue weighted by molar-refractivity contribution is 5.94. The summed E-state index contributed by atoms with van der Waals surface area (Å²) in [6.07, 6.45) is 6.02. The van der Waals surface area contributed by atoms with Crippen LogP contribution in [0.4, 0.5) is 5.69 Å². The maximum absolute atomic E-state index is 12.5. The first kappa shape index (κ1) is 20.5. The van der Waals surface area contributed by atoms with Gasteiger partial charge in [0.25, 0.3) is 5.91 Å². The number of benzene rings is 2. The van der Waals surface area contributed by atoms with E-state index < -0.39 is 0 Å². The molecule has 0 unspecified atom stereocenters. The molecule has 5 nitrogen and oxygen atoms in total. The predicted octanol–water partition coefficient (Wildman–Crippen LogP) is 3.77. The molecule has 158 valence electrons. The Labute approximate surface area is 179 Å². The van der Waals surface area contributed by atoms with Gasteiger partial charge in [-0.15, -0.1) is 0 Å². The van der Waals surface area contributed by atoms with Crippen LogP contribution in [-0.2, 0) is 17.8 Å². The van der Waals surface area contributed by atoms with E-state index >= 15 is 0 Å². The third-order valence-corrected chi connectivity index (χ3v) is 6.21. The van der Waals surface area contributed by atoms with Gasteiger partial charge in [-0.1, -0.05) is 37.1 Å².